The predicted molar refractivity (Wildman–Crippen MR) is 68.9 cm³/mol. The van der Waals surface area contributed by atoms with Crippen LogP contribution in [0.15, 0.2) is 29.2 Å². The molecule has 0 unspecified atom stereocenters. The maximum atomic E-state index is 11.8. The van der Waals surface area contributed by atoms with Gasteiger partial charge in [-0.25, -0.2) is 13.2 Å². The highest BCUT2D eigenvalue weighted by molar-refractivity contribution is 7.90. The van der Waals surface area contributed by atoms with Gasteiger partial charge in [0.15, 0.2) is 16.4 Å². The van der Waals surface area contributed by atoms with Crippen molar-refractivity contribution in [3.05, 3.63) is 29.8 Å². The van der Waals surface area contributed by atoms with Gasteiger partial charge in [0.1, 0.15) is 6.54 Å². The minimum atomic E-state index is -4.55. The molecule has 0 aromatic heterocycles. The second-order valence-corrected chi connectivity index (χ2v) is 6.28. The zero-order valence-electron chi connectivity index (χ0n) is 11.3. The van der Waals surface area contributed by atoms with Gasteiger partial charge in [-0.15, -0.1) is 0 Å². The molecule has 1 aromatic rings. The van der Waals surface area contributed by atoms with Crippen LogP contribution < -0.4 is 5.32 Å². The maximum Gasteiger partial charge on any atom is 0.405 e. The third kappa shape index (κ3) is 6.12. The number of rotatable bonds is 5. The molecule has 1 amide bonds. The van der Waals surface area contributed by atoms with Crippen molar-refractivity contribution in [3.63, 3.8) is 0 Å². The van der Waals surface area contributed by atoms with Crippen molar-refractivity contribution < 1.29 is 35.9 Å². The van der Waals surface area contributed by atoms with Crippen molar-refractivity contribution >= 4 is 21.7 Å². The molecule has 0 aliphatic rings. The Balaban J connectivity index is 2.54. The number of amides is 1. The molecule has 122 valence electrons. The Hall–Kier alpha value is -2.10. The molecule has 0 radical (unpaired) electrons. The molecular weight excluding hydrogens is 327 g/mol. The van der Waals surface area contributed by atoms with Crippen molar-refractivity contribution in [1.29, 1.82) is 0 Å². The molecule has 6 nitrogen and oxygen atoms in total. The Morgan fingerprint density at radius 3 is 2.18 bits per heavy atom. The summed E-state index contributed by atoms with van der Waals surface area (Å²) in [6.45, 7) is -2.39. The molecule has 0 aliphatic carbocycles. The molecule has 0 bridgehead atoms. The topological polar surface area (TPSA) is 89.5 Å². The highest BCUT2D eigenvalue weighted by Gasteiger charge is 2.27. The molecule has 0 atom stereocenters. The summed E-state index contributed by atoms with van der Waals surface area (Å²) in [4.78, 5) is 22.6. The van der Waals surface area contributed by atoms with E-state index in [1.165, 1.54) is 29.6 Å². The molecule has 1 N–H and O–H groups in total. The van der Waals surface area contributed by atoms with Gasteiger partial charge in [-0.2, -0.15) is 13.2 Å². The second-order valence-electron chi connectivity index (χ2n) is 4.26. The summed E-state index contributed by atoms with van der Waals surface area (Å²) < 4.78 is 62.5. The van der Waals surface area contributed by atoms with E-state index in [1.807, 2.05) is 0 Å². The number of hydrogen-bond donors (Lipinski definition) is 1. The Kier molecular flexibility index (Phi) is 5.53. The average molecular weight is 339 g/mol. The van der Waals surface area contributed by atoms with Gasteiger partial charge in [-0.3, -0.25) is 4.79 Å². The standard InChI is InChI=1S/C12H12F3NO5S/c1-22(19,20)9-4-2-8(3-5-9)11(18)21-6-10(17)16-7-12(13,14)15/h2-5H,6-7H2,1H3,(H,16,17). The van der Waals surface area contributed by atoms with Gasteiger partial charge in [-0.1, -0.05) is 0 Å². The highest BCUT2D eigenvalue weighted by atomic mass is 32.2. The molecule has 0 fully saturated rings. The lowest BCUT2D eigenvalue weighted by Crippen LogP contribution is -2.36. The van der Waals surface area contributed by atoms with Crippen LogP contribution in [0.25, 0.3) is 0 Å². The third-order valence-electron chi connectivity index (χ3n) is 2.34. The van der Waals surface area contributed by atoms with Crippen LogP contribution in [0.5, 0.6) is 0 Å². The van der Waals surface area contributed by atoms with Gasteiger partial charge < -0.3 is 10.1 Å². The lowest BCUT2D eigenvalue weighted by Gasteiger charge is -2.09. The Morgan fingerprint density at radius 2 is 1.73 bits per heavy atom. The summed E-state index contributed by atoms with van der Waals surface area (Å²) in [7, 11) is -3.42. The lowest BCUT2D eigenvalue weighted by molar-refractivity contribution is -0.140. The third-order valence-corrected chi connectivity index (χ3v) is 3.47. The Bertz CT molecular complexity index is 652. The lowest BCUT2D eigenvalue weighted by atomic mass is 10.2. The van der Waals surface area contributed by atoms with Gasteiger partial charge in [0.05, 0.1) is 10.5 Å². The van der Waals surface area contributed by atoms with Crippen LogP contribution in [-0.4, -0.2) is 45.9 Å². The number of ether oxygens (including phenoxy) is 1. The van der Waals surface area contributed by atoms with Crippen molar-refractivity contribution in [2.24, 2.45) is 0 Å². The zero-order valence-corrected chi connectivity index (χ0v) is 12.1. The molecule has 0 spiro atoms. The van der Waals surface area contributed by atoms with Crippen LogP contribution in [0.1, 0.15) is 10.4 Å². The highest BCUT2D eigenvalue weighted by Crippen LogP contribution is 2.12. The first-order chi connectivity index (χ1) is 9.99. The minimum absolute atomic E-state index is 0.00743. The quantitative estimate of drug-likeness (QED) is 0.806. The van der Waals surface area contributed by atoms with Gasteiger partial charge >= 0.3 is 12.1 Å². The fourth-order valence-electron chi connectivity index (χ4n) is 1.30. The Morgan fingerprint density at radius 1 is 1.18 bits per heavy atom. The summed E-state index contributed by atoms with van der Waals surface area (Å²) in [5, 5.41) is 1.54. The summed E-state index contributed by atoms with van der Waals surface area (Å²) in [6, 6.07) is 4.70. The summed E-state index contributed by atoms with van der Waals surface area (Å²) in [5.41, 5.74) is -0.0315. The van der Waals surface area contributed by atoms with Crippen LogP contribution in [0.4, 0.5) is 13.2 Å². The van der Waals surface area contributed by atoms with Crippen LogP contribution >= 0.6 is 0 Å². The van der Waals surface area contributed by atoms with Gasteiger partial charge in [-0.05, 0) is 24.3 Å². The van der Waals surface area contributed by atoms with E-state index in [0.29, 0.717) is 0 Å². The van der Waals surface area contributed by atoms with E-state index in [2.05, 4.69) is 4.74 Å². The number of halogens is 3. The van der Waals surface area contributed by atoms with Crippen LogP contribution in [0.3, 0.4) is 0 Å². The summed E-state index contributed by atoms with van der Waals surface area (Å²) in [6.07, 6.45) is -3.56. The number of carbonyl (C=O) groups is 2. The monoisotopic (exact) mass is 339 g/mol. The van der Waals surface area contributed by atoms with E-state index in [9.17, 15) is 31.2 Å². The summed E-state index contributed by atoms with van der Waals surface area (Å²) in [5.74, 6) is -2.05. The first-order valence-corrected chi connectivity index (χ1v) is 7.69. The molecule has 0 saturated heterocycles. The van der Waals surface area contributed by atoms with Crippen LogP contribution in [-0.2, 0) is 19.4 Å². The minimum Gasteiger partial charge on any atom is -0.452 e. The van der Waals surface area contributed by atoms with E-state index in [-0.39, 0.29) is 10.5 Å². The fraction of sp³-hybridized carbons (Fsp3) is 0.333. The first-order valence-electron chi connectivity index (χ1n) is 5.80. The molecule has 1 aromatic carbocycles. The number of nitrogens with one attached hydrogen (secondary N) is 1. The number of hydrogen-bond acceptors (Lipinski definition) is 5. The SMILES string of the molecule is CS(=O)(=O)c1ccc(C(=O)OCC(=O)NCC(F)(F)F)cc1. The number of carbonyl (C=O) groups excluding carboxylic acids is 2. The van der Waals surface area contributed by atoms with Gasteiger partial charge in [0, 0.05) is 6.26 Å². The smallest absolute Gasteiger partial charge is 0.405 e. The van der Waals surface area contributed by atoms with E-state index in [0.717, 1.165) is 6.26 Å². The number of benzene rings is 1. The average Bonchev–Trinajstić information content (AvgIpc) is 2.41. The first kappa shape index (κ1) is 18.0. The van der Waals surface area contributed by atoms with E-state index in [4.69, 9.17) is 0 Å². The van der Waals surface area contributed by atoms with Crippen molar-refractivity contribution in [3.8, 4) is 0 Å². The molecule has 10 heteroatoms. The van der Waals surface area contributed by atoms with Crippen molar-refractivity contribution in [2.45, 2.75) is 11.1 Å². The summed E-state index contributed by atoms with van der Waals surface area (Å²) >= 11 is 0. The molecular formula is C12H12F3NO5S. The number of esters is 1. The largest absolute Gasteiger partial charge is 0.452 e. The number of sulfone groups is 1. The fourth-order valence-corrected chi connectivity index (χ4v) is 1.93. The van der Waals surface area contributed by atoms with Gasteiger partial charge in [0.25, 0.3) is 5.91 Å². The van der Waals surface area contributed by atoms with E-state index in [1.54, 1.807) is 0 Å². The zero-order chi connectivity index (χ0) is 17.0. The number of alkyl halides is 3. The second kappa shape index (κ2) is 6.77. The molecule has 22 heavy (non-hydrogen) atoms. The molecule has 0 heterocycles. The van der Waals surface area contributed by atoms with Gasteiger partial charge in [0.2, 0.25) is 0 Å². The van der Waals surface area contributed by atoms with Crippen molar-refractivity contribution in [2.75, 3.05) is 19.4 Å². The molecule has 0 aliphatic heterocycles. The molecule has 1 rings (SSSR count). The van der Waals surface area contributed by atoms with Crippen molar-refractivity contribution in [1.82, 2.24) is 5.32 Å². The van der Waals surface area contributed by atoms with E-state index < -0.39 is 41.0 Å². The Labute approximate surface area is 124 Å². The molecule has 0 saturated carbocycles. The van der Waals surface area contributed by atoms with Crippen LogP contribution in [0.2, 0.25) is 0 Å². The predicted octanol–water partition coefficient (Wildman–Crippen LogP) is 0.925. The van der Waals surface area contributed by atoms with E-state index >= 15 is 0 Å². The maximum absolute atomic E-state index is 11.8. The van der Waals surface area contributed by atoms with Crippen LogP contribution in [0, 0.1) is 0 Å². The normalized spacial score (nSPS) is 11.8.